The predicted octanol–water partition coefficient (Wildman–Crippen LogP) is 3.68. The Hall–Kier alpha value is -2.31. The number of ether oxygens (including phenoxy) is 1. The number of nitrogens with one attached hydrogen (secondary N) is 1. The van der Waals surface area contributed by atoms with Crippen LogP contribution in [0.1, 0.15) is 41.9 Å². The SMILES string of the molecule is CCCc1[nH]c2c(C(F)(F)F)cccc2c(=O)c1C(=O)OCC. The smallest absolute Gasteiger partial charge is 0.418 e. The number of aromatic amines is 1. The molecule has 0 amide bonds. The standard InChI is InChI=1S/C16H16F3NO3/c1-3-6-11-12(15(22)23-4-2)14(21)9-7-5-8-10(13(9)20-11)16(17,18)19/h5,7-8H,3-4,6H2,1-2H3,(H,20,21). The predicted molar refractivity (Wildman–Crippen MR) is 79.5 cm³/mol. The van der Waals surface area contributed by atoms with Gasteiger partial charge in [-0.1, -0.05) is 19.4 Å². The van der Waals surface area contributed by atoms with E-state index in [0.29, 0.717) is 6.42 Å². The molecule has 2 aromatic rings. The topological polar surface area (TPSA) is 59.2 Å². The Bertz CT molecular complexity index is 793. The maximum absolute atomic E-state index is 13.1. The van der Waals surface area contributed by atoms with Gasteiger partial charge >= 0.3 is 12.1 Å². The van der Waals surface area contributed by atoms with Crippen LogP contribution in [0.4, 0.5) is 13.2 Å². The van der Waals surface area contributed by atoms with Gasteiger partial charge in [-0.05, 0) is 25.5 Å². The molecular weight excluding hydrogens is 311 g/mol. The summed E-state index contributed by atoms with van der Waals surface area (Å²) < 4.78 is 44.3. The number of hydrogen-bond acceptors (Lipinski definition) is 3. The molecule has 0 spiro atoms. The number of benzene rings is 1. The van der Waals surface area contributed by atoms with Crippen molar-refractivity contribution in [3.63, 3.8) is 0 Å². The summed E-state index contributed by atoms with van der Waals surface area (Å²) >= 11 is 0. The average Bonchev–Trinajstić information content (AvgIpc) is 2.46. The number of fused-ring (bicyclic) bond motifs is 1. The van der Waals surface area contributed by atoms with Crippen LogP contribution < -0.4 is 5.43 Å². The van der Waals surface area contributed by atoms with Gasteiger partial charge in [-0.15, -0.1) is 0 Å². The molecule has 124 valence electrons. The number of halogens is 3. The van der Waals surface area contributed by atoms with Gasteiger partial charge in [0, 0.05) is 11.1 Å². The fourth-order valence-electron chi connectivity index (χ4n) is 2.45. The van der Waals surface area contributed by atoms with Gasteiger partial charge in [-0.25, -0.2) is 4.79 Å². The molecule has 1 aromatic carbocycles. The minimum atomic E-state index is -4.60. The van der Waals surface area contributed by atoms with E-state index in [0.717, 1.165) is 12.1 Å². The van der Waals surface area contributed by atoms with Gasteiger partial charge in [-0.3, -0.25) is 4.79 Å². The van der Waals surface area contributed by atoms with Crippen molar-refractivity contribution < 1.29 is 22.7 Å². The molecule has 0 saturated carbocycles. The number of carbonyl (C=O) groups is 1. The number of esters is 1. The molecular formula is C16H16F3NO3. The van der Waals surface area contributed by atoms with Crippen LogP contribution in [-0.4, -0.2) is 17.6 Å². The summed E-state index contributed by atoms with van der Waals surface area (Å²) in [6.45, 7) is 3.46. The van der Waals surface area contributed by atoms with Crippen molar-refractivity contribution in [3.8, 4) is 0 Å². The highest BCUT2D eigenvalue weighted by Crippen LogP contribution is 2.33. The second-order valence-corrected chi connectivity index (χ2v) is 5.00. The zero-order valence-corrected chi connectivity index (χ0v) is 12.7. The third-order valence-corrected chi connectivity index (χ3v) is 3.40. The number of H-pyrrole nitrogens is 1. The fourth-order valence-corrected chi connectivity index (χ4v) is 2.45. The molecule has 1 heterocycles. The van der Waals surface area contributed by atoms with Crippen LogP contribution in [-0.2, 0) is 17.3 Å². The summed E-state index contributed by atoms with van der Waals surface area (Å²) in [7, 11) is 0. The van der Waals surface area contributed by atoms with Crippen LogP contribution in [0.25, 0.3) is 10.9 Å². The Morgan fingerprint density at radius 1 is 1.26 bits per heavy atom. The first kappa shape index (κ1) is 17.1. The van der Waals surface area contributed by atoms with E-state index < -0.39 is 23.1 Å². The van der Waals surface area contributed by atoms with E-state index >= 15 is 0 Å². The Kier molecular flexibility index (Phi) is 4.77. The number of carbonyl (C=O) groups excluding carboxylic acids is 1. The van der Waals surface area contributed by atoms with Gasteiger partial charge in [0.05, 0.1) is 17.7 Å². The maximum Gasteiger partial charge on any atom is 0.418 e. The van der Waals surface area contributed by atoms with Crippen LogP contribution in [0.3, 0.4) is 0 Å². The van der Waals surface area contributed by atoms with Gasteiger partial charge in [0.15, 0.2) is 0 Å². The Morgan fingerprint density at radius 3 is 2.52 bits per heavy atom. The van der Waals surface area contributed by atoms with Crippen molar-refractivity contribution in [1.82, 2.24) is 4.98 Å². The highest BCUT2D eigenvalue weighted by atomic mass is 19.4. The van der Waals surface area contributed by atoms with E-state index in [2.05, 4.69) is 4.98 Å². The Balaban J connectivity index is 2.84. The van der Waals surface area contributed by atoms with Crippen LogP contribution in [0, 0.1) is 0 Å². The van der Waals surface area contributed by atoms with E-state index in [1.54, 1.807) is 13.8 Å². The van der Waals surface area contributed by atoms with Crippen LogP contribution in [0.2, 0.25) is 0 Å². The van der Waals surface area contributed by atoms with Gasteiger partial charge in [-0.2, -0.15) is 13.2 Å². The zero-order valence-electron chi connectivity index (χ0n) is 12.7. The quantitative estimate of drug-likeness (QED) is 0.872. The monoisotopic (exact) mass is 327 g/mol. The summed E-state index contributed by atoms with van der Waals surface area (Å²) in [5.41, 5.74) is -2.03. The molecule has 7 heteroatoms. The third-order valence-electron chi connectivity index (χ3n) is 3.40. The molecule has 23 heavy (non-hydrogen) atoms. The number of aromatic nitrogens is 1. The first-order chi connectivity index (χ1) is 10.8. The summed E-state index contributed by atoms with van der Waals surface area (Å²) in [5, 5.41) is -0.178. The van der Waals surface area contributed by atoms with Crippen molar-refractivity contribution >= 4 is 16.9 Å². The lowest BCUT2D eigenvalue weighted by Gasteiger charge is -2.14. The molecule has 4 nitrogen and oxygen atoms in total. The minimum Gasteiger partial charge on any atom is -0.462 e. The van der Waals surface area contributed by atoms with Crippen LogP contribution in [0.5, 0.6) is 0 Å². The maximum atomic E-state index is 13.1. The number of aryl methyl sites for hydroxylation is 1. The normalized spacial score (nSPS) is 11.7. The van der Waals surface area contributed by atoms with Gasteiger partial charge in [0.2, 0.25) is 5.43 Å². The molecule has 0 radical (unpaired) electrons. The number of para-hydroxylation sites is 1. The largest absolute Gasteiger partial charge is 0.462 e. The second kappa shape index (κ2) is 6.44. The number of hydrogen-bond donors (Lipinski definition) is 1. The highest BCUT2D eigenvalue weighted by molar-refractivity contribution is 5.95. The van der Waals surface area contributed by atoms with E-state index in [1.807, 2.05) is 0 Å². The molecule has 0 fully saturated rings. The molecule has 0 unspecified atom stereocenters. The zero-order chi connectivity index (χ0) is 17.2. The first-order valence-corrected chi connectivity index (χ1v) is 7.23. The highest BCUT2D eigenvalue weighted by Gasteiger charge is 2.34. The summed E-state index contributed by atoms with van der Waals surface area (Å²) in [6.07, 6.45) is -3.77. The average molecular weight is 327 g/mol. The molecule has 0 aliphatic heterocycles. The van der Waals surface area contributed by atoms with E-state index in [-0.39, 0.29) is 35.2 Å². The van der Waals surface area contributed by atoms with E-state index in [4.69, 9.17) is 4.74 Å². The number of alkyl halides is 3. The van der Waals surface area contributed by atoms with Crippen molar-refractivity contribution in [3.05, 3.63) is 45.2 Å². The molecule has 0 atom stereocenters. The fraction of sp³-hybridized carbons (Fsp3) is 0.375. The van der Waals surface area contributed by atoms with Crippen molar-refractivity contribution in [1.29, 1.82) is 0 Å². The first-order valence-electron chi connectivity index (χ1n) is 7.23. The van der Waals surface area contributed by atoms with Crippen molar-refractivity contribution in [2.75, 3.05) is 6.61 Å². The van der Waals surface area contributed by atoms with Gasteiger partial charge in [0.25, 0.3) is 0 Å². The summed E-state index contributed by atoms with van der Waals surface area (Å²) in [6, 6.07) is 3.31. The Labute approximate surface area is 130 Å². The van der Waals surface area contributed by atoms with E-state index in [9.17, 15) is 22.8 Å². The second-order valence-electron chi connectivity index (χ2n) is 5.00. The van der Waals surface area contributed by atoms with Crippen LogP contribution >= 0.6 is 0 Å². The van der Waals surface area contributed by atoms with Crippen molar-refractivity contribution in [2.24, 2.45) is 0 Å². The number of rotatable bonds is 4. The molecule has 0 saturated heterocycles. The van der Waals surface area contributed by atoms with E-state index in [1.165, 1.54) is 6.07 Å². The lowest BCUT2D eigenvalue weighted by atomic mass is 10.0. The molecule has 2 rings (SSSR count). The molecule has 0 bridgehead atoms. The minimum absolute atomic E-state index is 0.0739. The molecule has 0 aliphatic carbocycles. The molecule has 0 aliphatic rings. The lowest BCUT2D eigenvalue weighted by Crippen LogP contribution is -2.23. The van der Waals surface area contributed by atoms with Crippen LogP contribution in [0.15, 0.2) is 23.0 Å². The Morgan fingerprint density at radius 2 is 1.96 bits per heavy atom. The van der Waals surface area contributed by atoms with Crippen molar-refractivity contribution in [2.45, 2.75) is 32.9 Å². The molecule has 1 N–H and O–H groups in total. The lowest BCUT2D eigenvalue weighted by molar-refractivity contribution is -0.136. The van der Waals surface area contributed by atoms with Gasteiger partial charge < -0.3 is 9.72 Å². The number of pyridine rings is 1. The molecule has 1 aromatic heterocycles. The third kappa shape index (κ3) is 3.23. The summed E-state index contributed by atoms with van der Waals surface area (Å²) in [5.74, 6) is -0.823. The van der Waals surface area contributed by atoms with Gasteiger partial charge in [0.1, 0.15) is 5.56 Å². The summed E-state index contributed by atoms with van der Waals surface area (Å²) in [4.78, 5) is 27.2.